The van der Waals surface area contributed by atoms with Crippen molar-refractivity contribution in [1.29, 1.82) is 0 Å². The zero-order chi connectivity index (χ0) is 18.6. The molecule has 5 nitrogen and oxygen atoms in total. The highest BCUT2D eigenvalue weighted by molar-refractivity contribution is 6.05. The molecule has 1 saturated heterocycles. The molecule has 2 amide bonds. The fourth-order valence-electron chi connectivity index (χ4n) is 3.02. The average molecular weight is 346 g/mol. The van der Waals surface area contributed by atoms with E-state index in [2.05, 4.69) is 19.2 Å². The molecule has 1 atom stereocenters. The molecule has 0 radical (unpaired) electrons. The van der Waals surface area contributed by atoms with Gasteiger partial charge in [-0.25, -0.2) is 0 Å². The Morgan fingerprint density at radius 1 is 1.40 bits per heavy atom. The van der Waals surface area contributed by atoms with Gasteiger partial charge in [0.1, 0.15) is 0 Å². The lowest BCUT2D eigenvalue weighted by molar-refractivity contribution is -0.117. The van der Waals surface area contributed by atoms with Gasteiger partial charge in [-0.15, -0.1) is 0 Å². The maximum Gasteiger partial charge on any atom is 0.253 e. The summed E-state index contributed by atoms with van der Waals surface area (Å²) < 4.78 is 0. The molecule has 0 aliphatic carbocycles. The van der Waals surface area contributed by atoms with E-state index in [-0.39, 0.29) is 18.4 Å². The number of aryl methyl sites for hydroxylation is 1. The lowest BCUT2D eigenvalue weighted by atomic mass is 9.95. The molecule has 25 heavy (non-hydrogen) atoms. The van der Waals surface area contributed by atoms with E-state index in [0.29, 0.717) is 36.6 Å². The van der Waals surface area contributed by atoms with Gasteiger partial charge < -0.3 is 15.3 Å². The molecule has 1 fully saturated rings. The van der Waals surface area contributed by atoms with Crippen molar-refractivity contribution in [2.75, 3.05) is 18.0 Å². The second kappa shape index (κ2) is 8.00. The van der Waals surface area contributed by atoms with Crippen LogP contribution >= 0.6 is 0 Å². The fraction of sp³-hybridized carbons (Fsp3) is 0.600. The highest BCUT2D eigenvalue weighted by Gasteiger charge is 2.27. The molecular formula is C20H30N2O3. The Balaban J connectivity index is 2.11. The van der Waals surface area contributed by atoms with Crippen molar-refractivity contribution in [1.82, 2.24) is 5.32 Å². The van der Waals surface area contributed by atoms with Crippen LogP contribution in [0.3, 0.4) is 0 Å². The molecular weight excluding hydrogens is 316 g/mol. The van der Waals surface area contributed by atoms with Crippen molar-refractivity contribution in [3.05, 3.63) is 29.3 Å². The van der Waals surface area contributed by atoms with Crippen molar-refractivity contribution in [3.63, 3.8) is 0 Å². The van der Waals surface area contributed by atoms with E-state index in [1.54, 1.807) is 17.9 Å². The molecule has 1 aliphatic rings. The zero-order valence-corrected chi connectivity index (χ0v) is 15.8. The van der Waals surface area contributed by atoms with Gasteiger partial charge in [0.2, 0.25) is 5.91 Å². The first-order valence-corrected chi connectivity index (χ1v) is 9.11. The van der Waals surface area contributed by atoms with E-state index in [4.69, 9.17) is 0 Å². The minimum absolute atomic E-state index is 0.0573. The molecule has 1 unspecified atom stereocenters. The summed E-state index contributed by atoms with van der Waals surface area (Å²) in [5, 5.41) is 13.3. The number of hydrogen-bond acceptors (Lipinski definition) is 3. The molecule has 1 aliphatic heterocycles. The molecule has 1 aromatic rings. The average Bonchev–Trinajstić information content (AvgIpc) is 2.97. The maximum atomic E-state index is 12.7. The molecule has 0 saturated carbocycles. The van der Waals surface area contributed by atoms with Gasteiger partial charge in [-0.05, 0) is 51.2 Å². The van der Waals surface area contributed by atoms with Crippen molar-refractivity contribution in [2.45, 2.75) is 59.0 Å². The van der Waals surface area contributed by atoms with Gasteiger partial charge in [0.25, 0.3) is 5.91 Å². The van der Waals surface area contributed by atoms with Crippen LogP contribution in [0.25, 0.3) is 0 Å². The Hall–Kier alpha value is -1.88. The van der Waals surface area contributed by atoms with Crippen molar-refractivity contribution >= 4 is 17.5 Å². The van der Waals surface area contributed by atoms with Crippen LogP contribution in [-0.4, -0.2) is 35.6 Å². The van der Waals surface area contributed by atoms with Crippen LogP contribution in [0.2, 0.25) is 0 Å². The van der Waals surface area contributed by atoms with E-state index in [1.165, 1.54) is 0 Å². The third-order valence-corrected chi connectivity index (χ3v) is 4.65. The maximum absolute atomic E-state index is 12.7. The van der Waals surface area contributed by atoms with Crippen LogP contribution in [0.1, 0.15) is 62.4 Å². The van der Waals surface area contributed by atoms with Gasteiger partial charge in [-0.3, -0.25) is 9.59 Å². The number of carbonyl (C=O) groups excluding carboxylic acids is 2. The topological polar surface area (TPSA) is 69.6 Å². The quantitative estimate of drug-likeness (QED) is 0.797. The highest BCUT2D eigenvalue weighted by Crippen LogP contribution is 2.26. The molecule has 0 spiro atoms. The number of benzene rings is 1. The van der Waals surface area contributed by atoms with E-state index in [1.807, 2.05) is 19.1 Å². The van der Waals surface area contributed by atoms with E-state index in [9.17, 15) is 14.7 Å². The number of nitrogens with one attached hydrogen (secondary N) is 1. The van der Waals surface area contributed by atoms with Gasteiger partial charge in [-0.2, -0.15) is 0 Å². The predicted molar refractivity (Wildman–Crippen MR) is 99.8 cm³/mol. The summed E-state index contributed by atoms with van der Waals surface area (Å²) in [4.78, 5) is 26.4. The molecule has 138 valence electrons. The first-order valence-electron chi connectivity index (χ1n) is 9.11. The van der Waals surface area contributed by atoms with E-state index < -0.39 is 5.60 Å². The van der Waals surface area contributed by atoms with Crippen molar-refractivity contribution in [3.8, 4) is 0 Å². The van der Waals surface area contributed by atoms with Crippen LogP contribution in [-0.2, 0) is 4.79 Å². The first-order chi connectivity index (χ1) is 11.7. The smallest absolute Gasteiger partial charge is 0.253 e. The molecule has 5 heteroatoms. The fourth-order valence-corrected chi connectivity index (χ4v) is 3.02. The standard InChI is InChI=1S/C20H30N2O3/c1-14(2)9-10-20(4,25)13-21-19(24)16-12-15(3)7-8-17(16)22-11-5-6-18(22)23/h7-8,12,14,25H,5-6,9-11,13H2,1-4H3,(H,21,24). The van der Waals surface area contributed by atoms with Gasteiger partial charge in [0.15, 0.2) is 0 Å². The number of rotatable bonds is 7. The highest BCUT2D eigenvalue weighted by atomic mass is 16.3. The van der Waals surface area contributed by atoms with E-state index in [0.717, 1.165) is 18.4 Å². The number of aliphatic hydroxyl groups is 1. The summed E-state index contributed by atoms with van der Waals surface area (Å²) >= 11 is 0. The molecule has 2 N–H and O–H groups in total. The summed E-state index contributed by atoms with van der Waals surface area (Å²) in [6.07, 6.45) is 2.88. The predicted octanol–water partition coefficient (Wildman–Crippen LogP) is 3.04. The van der Waals surface area contributed by atoms with Crippen molar-refractivity contribution in [2.24, 2.45) is 5.92 Å². The zero-order valence-electron chi connectivity index (χ0n) is 15.8. The van der Waals surface area contributed by atoms with Gasteiger partial charge in [0, 0.05) is 19.5 Å². The molecule has 2 rings (SSSR count). The Labute approximate surface area is 150 Å². The van der Waals surface area contributed by atoms with Crippen LogP contribution in [0, 0.1) is 12.8 Å². The third kappa shape index (κ3) is 5.30. The summed E-state index contributed by atoms with van der Waals surface area (Å²) in [5.41, 5.74) is 1.18. The SMILES string of the molecule is Cc1ccc(N2CCCC2=O)c(C(=O)NCC(C)(O)CCC(C)C)c1. The van der Waals surface area contributed by atoms with Gasteiger partial charge in [0.05, 0.1) is 16.9 Å². The normalized spacial score (nSPS) is 17.0. The summed E-state index contributed by atoms with van der Waals surface area (Å²) in [6, 6.07) is 5.56. The first kappa shape index (κ1) is 19.4. The summed E-state index contributed by atoms with van der Waals surface area (Å²) in [5.74, 6) is 0.316. The number of anilines is 1. The third-order valence-electron chi connectivity index (χ3n) is 4.65. The van der Waals surface area contributed by atoms with Crippen LogP contribution < -0.4 is 10.2 Å². The number of amides is 2. The second-order valence-corrected chi connectivity index (χ2v) is 7.78. The number of nitrogens with zero attached hydrogens (tertiary/aromatic N) is 1. The molecule has 1 heterocycles. The van der Waals surface area contributed by atoms with Crippen LogP contribution in [0.5, 0.6) is 0 Å². The Morgan fingerprint density at radius 3 is 2.72 bits per heavy atom. The summed E-state index contributed by atoms with van der Waals surface area (Å²) in [6.45, 7) is 8.73. The van der Waals surface area contributed by atoms with Crippen molar-refractivity contribution < 1.29 is 14.7 Å². The van der Waals surface area contributed by atoms with E-state index >= 15 is 0 Å². The van der Waals surface area contributed by atoms with Crippen LogP contribution in [0.15, 0.2) is 18.2 Å². The number of carbonyl (C=O) groups is 2. The molecule has 0 bridgehead atoms. The summed E-state index contributed by atoms with van der Waals surface area (Å²) in [7, 11) is 0. The monoisotopic (exact) mass is 346 g/mol. The Bertz CT molecular complexity index is 638. The molecule has 0 aromatic heterocycles. The largest absolute Gasteiger partial charge is 0.388 e. The Morgan fingerprint density at radius 2 is 2.12 bits per heavy atom. The number of hydrogen-bond donors (Lipinski definition) is 2. The molecule has 1 aromatic carbocycles. The Kier molecular flexibility index (Phi) is 6.22. The lowest BCUT2D eigenvalue weighted by Crippen LogP contribution is -2.41. The minimum atomic E-state index is -0.937. The second-order valence-electron chi connectivity index (χ2n) is 7.78. The minimum Gasteiger partial charge on any atom is -0.388 e. The van der Waals surface area contributed by atoms with Crippen LogP contribution in [0.4, 0.5) is 5.69 Å². The van der Waals surface area contributed by atoms with Gasteiger partial charge in [-0.1, -0.05) is 25.5 Å². The lowest BCUT2D eigenvalue weighted by Gasteiger charge is -2.25. The van der Waals surface area contributed by atoms with Gasteiger partial charge >= 0.3 is 0 Å².